The van der Waals surface area contributed by atoms with Crippen molar-refractivity contribution in [1.82, 2.24) is 10.6 Å². The van der Waals surface area contributed by atoms with Crippen LogP contribution in [0, 0.1) is 30.3 Å². The number of carbonyl (C=O) groups is 4. The van der Waals surface area contributed by atoms with Crippen LogP contribution in [0.5, 0.6) is 0 Å². The molecule has 19 heteroatoms. The maximum absolute atomic E-state index is 12.2. The minimum absolute atomic E-state index is 0.237. The average molecular weight is 518 g/mol. The van der Waals surface area contributed by atoms with E-state index in [2.05, 4.69) is 23.3 Å². The first kappa shape index (κ1) is 28.5. The lowest BCUT2D eigenvalue weighted by Crippen LogP contribution is -2.49. The SMILES string of the molecule is O=C(O)CNC(=O)[C@H](CS)NC(=O)CC[C@H](Nc1c([N+](=O)[O-])cc([N+](=O)[O-])cc1[N+](=O)[O-])C(=O)O. The number of hydrogen-bond acceptors (Lipinski definition) is 12. The fourth-order valence-electron chi connectivity index (χ4n) is 2.59. The lowest BCUT2D eigenvalue weighted by atomic mass is 10.1. The highest BCUT2D eigenvalue weighted by molar-refractivity contribution is 7.80. The molecular weight excluding hydrogens is 500 g/mol. The van der Waals surface area contributed by atoms with Crippen molar-refractivity contribution in [3.8, 4) is 0 Å². The van der Waals surface area contributed by atoms with Crippen LogP contribution in [0.4, 0.5) is 22.7 Å². The summed E-state index contributed by atoms with van der Waals surface area (Å²) < 4.78 is 0. The van der Waals surface area contributed by atoms with Gasteiger partial charge in [-0.1, -0.05) is 0 Å². The van der Waals surface area contributed by atoms with Crippen molar-refractivity contribution in [3.63, 3.8) is 0 Å². The van der Waals surface area contributed by atoms with E-state index in [1.54, 1.807) is 0 Å². The quantitative estimate of drug-likeness (QED) is 0.105. The zero-order valence-electron chi connectivity index (χ0n) is 17.4. The third-order valence-corrected chi connectivity index (χ3v) is 4.58. The number of non-ortho nitro benzene ring substituents is 1. The molecule has 1 rings (SSSR count). The summed E-state index contributed by atoms with van der Waals surface area (Å²) >= 11 is 3.86. The van der Waals surface area contributed by atoms with Crippen molar-refractivity contribution < 1.29 is 44.2 Å². The second-order valence-electron chi connectivity index (χ2n) is 6.62. The average Bonchev–Trinajstić information content (AvgIpc) is 2.77. The van der Waals surface area contributed by atoms with Crippen molar-refractivity contribution in [3.05, 3.63) is 42.5 Å². The number of nitro benzene ring substituents is 3. The normalized spacial score (nSPS) is 12.0. The van der Waals surface area contributed by atoms with E-state index < -0.39 is 92.7 Å². The van der Waals surface area contributed by atoms with Gasteiger partial charge in [0.2, 0.25) is 11.8 Å². The van der Waals surface area contributed by atoms with Crippen LogP contribution in [0.1, 0.15) is 12.8 Å². The number of benzene rings is 1. The van der Waals surface area contributed by atoms with Gasteiger partial charge in [-0.3, -0.25) is 44.7 Å². The molecule has 2 atom stereocenters. The number of nitrogens with zero attached hydrogens (tertiary/aromatic N) is 3. The van der Waals surface area contributed by atoms with Gasteiger partial charge in [-0.15, -0.1) is 0 Å². The maximum atomic E-state index is 12.2. The number of amides is 2. The van der Waals surface area contributed by atoms with Crippen molar-refractivity contribution in [2.24, 2.45) is 0 Å². The highest BCUT2D eigenvalue weighted by Gasteiger charge is 2.33. The van der Waals surface area contributed by atoms with Crippen molar-refractivity contribution in [2.75, 3.05) is 17.6 Å². The molecular formula is C16H18N6O12S. The van der Waals surface area contributed by atoms with Gasteiger partial charge in [0.1, 0.15) is 18.6 Å². The van der Waals surface area contributed by atoms with Crippen molar-refractivity contribution in [1.29, 1.82) is 0 Å². The first-order valence-electron chi connectivity index (χ1n) is 9.28. The van der Waals surface area contributed by atoms with E-state index in [1.165, 1.54) is 0 Å². The highest BCUT2D eigenvalue weighted by atomic mass is 32.1. The minimum Gasteiger partial charge on any atom is -0.480 e. The Labute approximate surface area is 199 Å². The van der Waals surface area contributed by atoms with Gasteiger partial charge in [0.05, 0.1) is 26.9 Å². The number of anilines is 1. The minimum atomic E-state index is -1.80. The van der Waals surface area contributed by atoms with Gasteiger partial charge in [0.25, 0.3) is 5.69 Å². The summed E-state index contributed by atoms with van der Waals surface area (Å²) in [6.45, 7) is -0.725. The van der Waals surface area contributed by atoms with Gasteiger partial charge in [-0.05, 0) is 6.42 Å². The summed E-state index contributed by atoms with van der Waals surface area (Å²) in [5, 5.41) is 57.9. The zero-order valence-corrected chi connectivity index (χ0v) is 18.3. The third-order valence-electron chi connectivity index (χ3n) is 4.21. The van der Waals surface area contributed by atoms with E-state index in [0.717, 1.165) is 0 Å². The summed E-state index contributed by atoms with van der Waals surface area (Å²) in [4.78, 5) is 76.3. The van der Waals surface area contributed by atoms with Crippen molar-refractivity contribution >= 4 is 59.1 Å². The Hall–Kier alpha value is -4.55. The van der Waals surface area contributed by atoms with E-state index in [9.17, 15) is 54.6 Å². The van der Waals surface area contributed by atoms with Crippen LogP contribution in [-0.2, 0) is 19.2 Å². The van der Waals surface area contributed by atoms with Crippen LogP contribution < -0.4 is 16.0 Å². The molecule has 18 nitrogen and oxygen atoms in total. The Kier molecular flexibility index (Phi) is 10.3. The van der Waals surface area contributed by atoms with E-state index >= 15 is 0 Å². The van der Waals surface area contributed by atoms with Crippen LogP contribution in [0.3, 0.4) is 0 Å². The van der Waals surface area contributed by atoms with Gasteiger partial charge < -0.3 is 26.2 Å². The molecule has 0 aliphatic heterocycles. The molecule has 1 aromatic rings. The molecule has 0 aliphatic rings. The first-order chi connectivity index (χ1) is 16.3. The molecule has 2 amide bonds. The monoisotopic (exact) mass is 518 g/mol. The summed E-state index contributed by atoms with van der Waals surface area (Å²) in [7, 11) is 0. The Bertz CT molecular complexity index is 1030. The highest BCUT2D eigenvalue weighted by Crippen LogP contribution is 2.39. The lowest BCUT2D eigenvalue weighted by Gasteiger charge is -2.18. The number of hydrogen-bond donors (Lipinski definition) is 6. The smallest absolute Gasteiger partial charge is 0.326 e. The molecule has 0 unspecified atom stereocenters. The van der Waals surface area contributed by atoms with E-state index in [4.69, 9.17) is 5.11 Å². The number of rotatable bonds is 14. The van der Waals surface area contributed by atoms with Gasteiger partial charge in [-0.25, -0.2) is 4.79 Å². The predicted octanol–water partition coefficient (Wildman–Crippen LogP) is -0.328. The Morgan fingerprint density at radius 2 is 1.49 bits per heavy atom. The number of nitrogens with one attached hydrogen (secondary N) is 3. The summed E-state index contributed by atoms with van der Waals surface area (Å²) in [5.41, 5.74) is -4.16. The van der Waals surface area contributed by atoms with Gasteiger partial charge in [0.15, 0.2) is 5.69 Å². The summed E-state index contributed by atoms with van der Waals surface area (Å²) in [5.74, 6) is -4.99. The maximum Gasteiger partial charge on any atom is 0.326 e. The summed E-state index contributed by atoms with van der Waals surface area (Å²) in [6.07, 6.45) is -1.17. The number of carboxylic acid groups (broad SMARTS) is 2. The third kappa shape index (κ3) is 8.38. The molecule has 0 aliphatic carbocycles. The zero-order chi connectivity index (χ0) is 26.9. The number of nitro groups is 3. The molecule has 0 saturated heterocycles. The standard InChI is InChI=1S/C16H18N6O12S/c23-12(18-9(6-35)15(26)17-5-13(24)25)2-1-8(16(27)28)19-14-10(21(31)32)3-7(20(29)30)4-11(14)22(33)34/h3-4,8-9,19,35H,1-2,5-6H2,(H,17,26)(H,18,23)(H,24,25)(H,27,28)/t8-,9-/m0/s1. The molecule has 0 heterocycles. The van der Waals surface area contributed by atoms with E-state index in [0.29, 0.717) is 12.1 Å². The largest absolute Gasteiger partial charge is 0.480 e. The van der Waals surface area contributed by atoms with Gasteiger partial charge >= 0.3 is 23.3 Å². The fourth-order valence-corrected chi connectivity index (χ4v) is 2.85. The molecule has 0 fully saturated rings. The second-order valence-corrected chi connectivity index (χ2v) is 6.98. The van der Waals surface area contributed by atoms with Crippen molar-refractivity contribution in [2.45, 2.75) is 24.9 Å². The van der Waals surface area contributed by atoms with Crippen LogP contribution >= 0.6 is 12.6 Å². The van der Waals surface area contributed by atoms with E-state index in [-0.39, 0.29) is 5.75 Å². The Morgan fingerprint density at radius 3 is 1.89 bits per heavy atom. The van der Waals surface area contributed by atoms with Gasteiger partial charge in [0, 0.05) is 12.2 Å². The Balaban J connectivity index is 3.08. The molecule has 0 aromatic heterocycles. The predicted molar refractivity (Wildman–Crippen MR) is 117 cm³/mol. The van der Waals surface area contributed by atoms with Gasteiger partial charge in [-0.2, -0.15) is 12.6 Å². The molecule has 35 heavy (non-hydrogen) atoms. The second kappa shape index (κ2) is 12.6. The summed E-state index contributed by atoms with van der Waals surface area (Å²) in [6, 6.07) is -2.24. The molecule has 0 radical (unpaired) electrons. The molecule has 190 valence electrons. The molecule has 0 saturated carbocycles. The van der Waals surface area contributed by atoms with Crippen LogP contribution in [-0.4, -0.2) is 73.1 Å². The number of carboxylic acids is 2. The topological polar surface area (TPSA) is 274 Å². The molecule has 0 bridgehead atoms. The van der Waals surface area contributed by atoms with Crippen LogP contribution in [0.2, 0.25) is 0 Å². The number of thiol groups is 1. The van der Waals surface area contributed by atoms with E-state index in [1.807, 2.05) is 5.32 Å². The van der Waals surface area contributed by atoms with Crippen LogP contribution in [0.25, 0.3) is 0 Å². The fraction of sp³-hybridized carbons (Fsp3) is 0.375. The van der Waals surface area contributed by atoms with Crippen LogP contribution in [0.15, 0.2) is 12.1 Å². The number of carbonyl (C=O) groups excluding carboxylic acids is 2. The molecule has 5 N–H and O–H groups in total. The molecule has 0 spiro atoms. The number of aliphatic carboxylic acids is 2. The molecule has 1 aromatic carbocycles. The Morgan fingerprint density at radius 1 is 0.943 bits per heavy atom. The first-order valence-corrected chi connectivity index (χ1v) is 9.92. The lowest BCUT2D eigenvalue weighted by molar-refractivity contribution is -0.401.